The number of hydrogen-bond acceptors (Lipinski definition) is 2. The predicted molar refractivity (Wildman–Crippen MR) is 76.1 cm³/mol. The quantitative estimate of drug-likeness (QED) is 0.668. The fourth-order valence-corrected chi connectivity index (χ4v) is 1.04. The van der Waals surface area contributed by atoms with E-state index in [0.29, 0.717) is 0 Å². The summed E-state index contributed by atoms with van der Waals surface area (Å²) >= 11 is 0. The zero-order valence-corrected chi connectivity index (χ0v) is 12.7. The molecule has 0 bridgehead atoms. The Hall–Kier alpha value is -0.0800. The van der Waals surface area contributed by atoms with E-state index in [9.17, 15) is 0 Å². The second kappa shape index (κ2) is 24.2. The van der Waals surface area contributed by atoms with Crippen molar-refractivity contribution in [3.05, 3.63) is 0 Å². The van der Waals surface area contributed by atoms with Crippen LogP contribution in [0.2, 0.25) is 0 Å². The molecule has 1 atom stereocenters. The third-order valence-electron chi connectivity index (χ3n) is 2.23. The molecule has 2 nitrogen and oxygen atoms in total. The van der Waals surface area contributed by atoms with Crippen LogP contribution in [0.5, 0.6) is 0 Å². The molecule has 0 aromatic heterocycles. The minimum Gasteiger partial charge on any atom is -0.385 e. The minimum atomic E-state index is 0.889. The topological polar surface area (TPSA) is 21.3 Å². The van der Waals surface area contributed by atoms with Crippen molar-refractivity contribution in [3.63, 3.8) is 0 Å². The van der Waals surface area contributed by atoms with Crippen LogP contribution >= 0.6 is 0 Å². The molecule has 0 saturated carbocycles. The van der Waals surface area contributed by atoms with E-state index in [-0.39, 0.29) is 0 Å². The van der Waals surface area contributed by atoms with Crippen molar-refractivity contribution in [1.82, 2.24) is 5.32 Å². The Labute approximate surface area is 104 Å². The summed E-state index contributed by atoms with van der Waals surface area (Å²) in [5, 5.41) is 3.15. The molecular formula is C14H35NO. The smallest absolute Gasteiger partial charge is 0.0459 e. The fraction of sp³-hybridized carbons (Fsp3) is 1.00. The van der Waals surface area contributed by atoms with Crippen LogP contribution in [0.1, 0.15) is 60.3 Å². The highest BCUT2D eigenvalue weighted by molar-refractivity contribution is 4.50. The molecule has 102 valence electrons. The summed E-state index contributed by atoms with van der Waals surface area (Å²) in [6.45, 7) is 12.7. The van der Waals surface area contributed by atoms with Crippen LogP contribution in [-0.4, -0.2) is 27.3 Å². The molecule has 0 saturated heterocycles. The van der Waals surface area contributed by atoms with Gasteiger partial charge >= 0.3 is 0 Å². The molecule has 0 aromatic rings. The van der Waals surface area contributed by atoms with Gasteiger partial charge in [0.05, 0.1) is 0 Å². The van der Waals surface area contributed by atoms with Gasteiger partial charge in [0.2, 0.25) is 0 Å². The van der Waals surface area contributed by atoms with Gasteiger partial charge in [-0.05, 0) is 38.8 Å². The van der Waals surface area contributed by atoms with Gasteiger partial charge in [-0.3, -0.25) is 0 Å². The van der Waals surface area contributed by atoms with E-state index in [4.69, 9.17) is 4.74 Å². The van der Waals surface area contributed by atoms with E-state index in [1.54, 1.807) is 7.11 Å². The van der Waals surface area contributed by atoms with Gasteiger partial charge in [-0.1, -0.05) is 41.0 Å². The Morgan fingerprint density at radius 1 is 1.19 bits per heavy atom. The minimum absolute atomic E-state index is 0.889. The van der Waals surface area contributed by atoms with Gasteiger partial charge in [0, 0.05) is 13.7 Å². The van der Waals surface area contributed by atoms with Crippen LogP contribution in [0.25, 0.3) is 0 Å². The molecular weight excluding hydrogens is 198 g/mol. The SMILES string of the molecule is CC.CCC(C)CCCNC.CCCOC. The third-order valence-corrected chi connectivity index (χ3v) is 2.23. The number of ether oxygens (including phenoxy) is 1. The largest absolute Gasteiger partial charge is 0.385 e. The van der Waals surface area contributed by atoms with Crippen LogP contribution < -0.4 is 5.32 Å². The Kier molecular flexibility index (Phi) is 32.2. The summed E-state index contributed by atoms with van der Waals surface area (Å²) in [7, 11) is 3.72. The first-order valence-corrected chi connectivity index (χ1v) is 6.86. The lowest BCUT2D eigenvalue weighted by molar-refractivity contribution is 0.199. The first-order valence-electron chi connectivity index (χ1n) is 6.86. The number of nitrogens with one attached hydrogen (secondary N) is 1. The Morgan fingerprint density at radius 3 is 2.00 bits per heavy atom. The first-order chi connectivity index (χ1) is 7.72. The lowest BCUT2D eigenvalue weighted by Gasteiger charge is -2.06. The van der Waals surface area contributed by atoms with Crippen molar-refractivity contribution in [1.29, 1.82) is 0 Å². The average molecular weight is 233 g/mol. The Morgan fingerprint density at radius 2 is 1.75 bits per heavy atom. The molecule has 2 heteroatoms. The second-order valence-electron chi connectivity index (χ2n) is 3.75. The number of rotatable bonds is 7. The molecule has 0 fully saturated rings. The van der Waals surface area contributed by atoms with Crippen molar-refractivity contribution in [2.24, 2.45) is 5.92 Å². The van der Waals surface area contributed by atoms with Gasteiger partial charge in [-0.25, -0.2) is 0 Å². The van der Waals surface area contributed by atoms with Crippen LogP contribution in [0.15, 0.2) is 0 Å². The summed E-state index contributed by atoms with van der Waals surface area (Å²) in [5.74, 6) is 0.915. The maximum atomic E-state index is 4.69. The standard InChI is InChI=1S/C8H19N.C4H10O.C2H6/c1-4-8(2)6-5-7-9-3;1-3-4-5-2;1-2/h8-9H,4-7H2,1-3H3;3-4H2,1-2H3;1-2H3. The molecule has 0 aliphatic heterocycles. The van der Waals surface area contributed by atoms with Crippen LogP contribution in [0.3, 0.4) is 0 Å². The molecule has 16 heavy (non-hydrogen) atoms. The lowest BCUT2D eigenvalue weighted by atomic mass is 10.0. The van der Waals surface area contributed by atoms with E-state index >= 15 is 0 Å². The highest BCUT2D eigenvalue weighted by atomic mass is 16.5. The van der Waals surface area contributed by atoms with Gasteiger partial charge in [0.15, 0.2) is 0 Å². The fourth-order valence-electron chi connectivity index (χ4n) is 1.04. The monoisotopic (exact) mass is 233 g/mol. The lowest BCUT2D eigenvalue weighted by Crippen LogP contribution is -2.08. The molecule has 0 spiro atoms. The van der Waals surface area contributed by atoms with Crippen LogP contribution in [-0.2, 0) is 4.74 Å². The predicted octanol–water partition coefficient (Wildman–Crippen LogP) is 4.10. The first kappa shape index (κ1) is 21.2. The number of methoxy groups -OCH3 is 1. The van der Waals surface area contributed by atoms with E-state index in [1.165, 1.54) is 25.8 Å². The van der Waals surface area contributed by atoms with Crippen LogP contribution in [0.4, 0.5) is 0 Å². The molecule has 1 N–H and O–H groups in total. The van der Waals surface area contributed by atoms with Gasteiger partial charge in [0.25, 0.3) is 0 Å². The molecule has 0 amide bonds. The Balaban J connectivity index is -0.000000205. The molecule has 1 unspecified atom stereocenters. The normalized spacial score (nSPS) is 10.7. The average Bonchev–Trinajstić information content (AvgIpc) is 2.33. The molecule has 0 radical (unpaired) electrons. The molecule has 0 aromatic carbocycles. The highest BCUT2D eigenvalue weighted by Crippen LogP contribution is 2.07. The third kappa shape index (κ3) is 29.2. The zero-order valence-electron chi connectivity index (χ0n) is 12.7. The van der Waals surface area contributed by atoms with Crippen LogP contribution in [0, 0.1) is 5.92 Å². The summed E-state index contributed by atoms with van der Waals surface area (Å²) in [4.78, 5) is 0. The maximum Gasteiger partial charge on any atom is 0.0459 e. The zero-order chi connectivity index (χ0) is 13.2. The highest BCUT2D eigenvalue weighted by Gasteiger charge is 1.95. The van der Waals surface area contributed by atoms with Gasteiger partial charge in [-0.15, -0.1) is 0 Å². The summed E-state index contributed by atoms with van der Waals surface area (Å²) < 4.78 is 4.69. The van der Waals surface area contributed by atoms with Gasteiger partial charge in [-0.2, -0.15) is 0 Å². The van der Waals surface area contributed by atoms with E-state index in [2.05, 4.69) is 26.1 Å². The van der Waals surface area contributed by atoms with Crippen molar-refractivity contribution >= 4 is 0 Å². The van der Waals surface area contributed by atoms with Gasteiger partial charge in [0.1, 0.15) is 0 Å². The molecule has 0 rings (SSSR count). The van der Waals surface area contributed by atoms with Crippen molar-refractivity contribution in [3.8, 4) is 0 Å². The van der Waals surface area contributed by atoms with Crippen molar-refractivity contribution in [2.45, 2.75) is 60.3 Å². The Bertz CT molecular complexity index is 84.8. The molecule has 0 aliphatic carbocycles. The van der Waals surface area contributed by atoms with E-state index in [0.717, 1.165) is 18.9 Å². The summed E-state index contributed by atoms with van der Waals surface area (Å²) in [6.07, 6.45) is 5.14. The summed E-state index contributed by atoms with van der Waals surface area (Å²) in [5.41, 5.74) is 0. The molecule has 0 aliphatic rings. The summed E-state index contributed by atoms with van der Waals surface area (Å²) in [6, 6.07) is 0. The van der Waals surface area contributed by atoms with Gasteiger partial charge < -0.3 is 10.1 Å². The van der Waals surface area contributed by atoms with Crippen molar-refractivity contribution < 1.29 is 4.74 Å². The van der Waals surface area contributed by atoms with Crippen molar-refractivity contribution in [2.75, 3.05) is 27.3 Å². The van der Waals surface area contributed by atoms with E-state index in [1.807, 2.05) is 20.9 Å². The molecule has 0 heterocycles. The van der Waals surface area contributed by atoms with E-state index < -0.39 is 0 Å². The number of hydrogen-bond donors (Lipinski definition) is 1. The second-order valence-corrected chi connectivity index (χ2v) is 3.75. The maximum absolute atomic E-state index is 4.69.